The summed E-state index contributed by atoms with van der Waals surface area (Å²) in [5, 5.41) is 3.51. The van der Waals surface area contributed by atoms with Crippen LogP contribution in [0.4, 0.5) is 5.69 Å². The molecule has 3 aromatic rings. The monoisotopic (exact) mass is 581 g/mol. The van der Waals surface area contributed by atoms with Gasteiger partial charge >= 0.3 is 0 Å². The van der Waals surface area contributed by atoms with Gasteiger partial charge in [-0.25, -0.2) is 8.42 Å². The summed E-state index contributed by atoms with van der Waals surface area (Å²) >= 11 is 6.39. The standard InChI is InChI=1S/C31H36ClN3O4S/c1-3-29(31(37)33-25-14-10-11-15-25)34(21-24-12-6-4-7-13-24)30(36)22-35(26-19-18-23(2)28(32)20-26)40(38,39)27-16-8-5-9-17-27/h4-9,12-13,16-20,25,29H,3,10-11,14-15,21-22H2,1-2H3,(H,33,37)/t29-/m1/s1. The van der Waals surface area contributed by atoms with E-state index in [-0.39, 0.29) is 29.1 Å². The number of hydrogen-bond donors (Lipinski definition) is 1. The van der Waals surface area contributed by atoms with Crippen LogP contribution in [0.15, 0.2) is 83.8 Å². The molecule has 40 heavy (non-hydrogen) atoms. The molecule has 7 nitrogen and oxygen atoms in total. The third-order valence-electron chi connectivity index (χ3n) is 7.34. The van der Waals surface area contributed by atoms with Gasteiger partial charge in [0.1, 0.15) is 12.6 Å². The van der Waals surface area contributed by atoms with Gasteiger partial charge in [0, 0.05) is 17.6 Å². The molecule has 0 aromatic heterocycles. The van der Waals surface area contributed by atoms with Crippen molar-refractivity contribution in [3.63, 3.8) is 0 Å². The third kappa shape index (κ3) is 7.04. The van der Waals surface area contributed by atoms with Crippen molar-refractivity contribution in [2.24, 2.45) is 0 Å². The van der Waals surface area contributed by atoms with E-state index in [1.54, 1.807) is 36.4 Å². The first-order valence-corrected chi connectivity index (χ1v) is 15.5. The van der Waals surface area contributed by atoms with E-state index < -0.39 is 28.5 Å². The van der Waals surface area contributed by atoms with Gasteiger partial charge in [0.2, 0.25) is 11.8 Å². The molecule has 0 aliphatic heterocycles. The fourth-order valence-electron chi connectivity index (χ4n) is 5.05. The van der Waals surface area contributed by atoms with Crippen molar-refractivity contribution in [1.82, 2.24) is 10.2 Å². The quantitative estimate of drug-likeness (QED) is 0.314. The van der Waals surface area contributed by atoms with E-state index in [4.69, 9.17) is 11.6 Å². The molecule has 3 aromatic carbocycles. The van der Waals surface area contributed by atoms with Crippen LogP contribution in [0.2, 0.25) is 5.02 Å². The molecule has 0 saturated heterocycles. The fourth-order valence-corrected chi connectivity index (χ4v) is 6.65. The number of benzene rings is 3. The van der Waals surface area contributed by atoms with Crippen LogP contribution >= 0.6 is 11.6 Å². The van der Waals surface area contributed by atoms with Crippen LogP contribution < -0.4 is 9.62 Å². The van der Waals surface area contributed by atoms with E-state index in [1.165, 1.54) is 17.0 Å². The topological polar surface area (TPSA) is 86.8 Å². The summed E-state index contributed by atoms with van der Waals surface area (Å²) in [6.07, 6.45) is 4.37. The minimum absolute atomic E-state index is 0.0557. The van der Waals surface area contributed by atoms with Crippen molar-refractivity contribution in [3.8, 4) is 0 Å². The Hall–Kier alpha value is -3.36. The minimum Gasteiger partial charge on any atom is -0.352 e. The molecule has 1 saturated carbocycles. The second-order valence-corrected chi connectivity index (χ2v) is 12.4. The summed E-state index contributed by atoms with van der Waals surface area (Å²) < 4.78 is 28.8. The number of rotatable bonds is 11. The Morgan fingerprint density at radius 3 is 2.20 bits per heavy atom. The number of halogens is 1. The molecule has 212 valence electrons. The van der Waals surface area contributed by atoms with Crippen LogP contribution in [0.5, 0.6) is 0 Å². The second-order valence-electron chi connectivity index (χ2n) is 10.2. The van der Waals surface area contributed by atoms with Crippen molar-refractivity contribution >= 4 is 39.1 Å². The average Bonchev–Trinajstić information content (AvgIpc) is 3.47. The van der Waals surface area contributed by atoms with E-state index >= 15 is 0 Å². The highest BCUT2D eigenvalue weighted by molar-refractivity contribution is 7.92. The van der Waals surface area contributed by atoms with Crippen LogP contribution in [0.1, 0.15) is 50.2 Å². The molecule has 2 amide bonds. The van der Waals surface area contributed by atoms with Crippen LogP contribution in [-0.4, -0.2) is 43.8 Å². The van der Waals surface area contributed by atoms with E-state index in [0.29, 0.717) is 11.4 Å². The molecule has 1 aliphatic rings. The molecular formula is C31H36ClN3O4S. The van der Waals surface area contributed by atoms with Crippen LogP contribution in [0.3, 0.4) is 0 Å². The van der Waals surface area contributed by atoms with Crippen molar-refractivity contribution in [2.45, 2.75) is 69.5 Å². The number of nitrogens with one attached hydrogen (secondary N) is 1. The van der Waals surface area contributed by atoms with E-state index in [2.05, 4.69) is 5.32 Å². The van der Waals surface area contributed by atoms with Gasteiger partial charge in [-0.2, -0.15) is 0 Å². The maximum atomic E-state index is 14.1. The van der Waals surface area contributed by atoms with Gasteiger partial charge in [0.05, 0.1) is 10.6 Å². The first-order chi connectivity index (χ1) is 19.2. The summed E-state index contributed by atoms with van der Waals surface area (Å²) in [7, 11) is -4.13. The lowest BCUT2D eigenvalue weighted by atomic mass is 10.1. The largest absolute Gasteiger partial charge is 0.352 e. The van der Waals surface area contributed by atoms with E-state index in [1.807, 2.05) is 44.2 Å². The Labute approximate surface area is 242 Å². The molecule has 0 bridgehead atoms. The Kier molecular flexibility index (Phi) is 9.87. The van der Waals surface area contributed by atoms with Crippen molar-refractivity contribution in [2.75, 3.05) is 10.8 Å². The average molecular weight is 582 g/mol. The number of amides is 2. The molecule has 1 atom stereocenters. The molecule has 0 unspecified atom stereocenters. The number of carbonyl (C=O) groups excluding carboxylic acids is 2. The first-order valence-electron chi connectivity index (χ1n) is 13.7. The van der Waals surface area contributed by atoms with Gasteiger partial charge in [0.15, 0.2) is 0 Å². The van der Waals surface area contributed by atoms with Gasteiger partial charge in [-0.15, -0.1) is 0 Å². The van der Waals surface area contributed by atoms with E-state index in [0.717, 1.165) is 41.1 Å². The molecular weight excluding hydrogens is 546 g/mol. The molecule has 9 heteroatoms. The summed E-state index contributed by atoms with van der Waals surface area (Å²) in [5.74, 6) is -0.692. The fraction of sp³-hybridized carbons (Fsp3) is 0.355. The molecule has 1 N–H and O–H groups in total. The zero-order valence-electron chi connectivity index (χ0n) is 22.9. The number of nitrogens with zero attached hydrogens (tertiary/aromatic N) is 2. The summed E-state index contributed by atoms with van der Waals surface area (Å²) in [6, 6.07) is 21.7. The zero-order valence-corrected chi connectivity index (χ0v) is 24.5. The molecule has 0 heterocycles. The van der Waals surface area contributed by atoms with Gasteiger partial charge in [-0.3, -0.25) is 13.9 Å². The van der Waals surface area contributed by atoms with E-state index in [9.17, 15) is 18.0 Å². The molecule has 0 spiro atoms. The Morgan fingerprint density at radius 2 is 1.60 bits per heavy atom. The lowest BCUT2D eigenvalue weighted by molar-refractivity contribution is -0.140. The predicted octanol–water partition coefficient (Wildman–Crippen LogP) is 5.71. The van der Waals surface area contributed by atoms with Crippen LogP contribution in [0, 0.1) is 6.92 Å². The highest BCUT2D eigenvalue weighted by Gasteiger charge is 2.34. The SMILES string of the molecule is CC[C@H](C(=O)NC1CCCC1)N(Cc1ccccc1)C(=O)CN(c1ccc(C)c(Cl)c1)S(=O)(=O)c1ccccc1. The number of sulfonamides is 1. The normalized spacial score (nSPS) is 14.5. The van der Waals surface area contributed by atoms with Crippen LogP contribution in [0.25, 0.3) is 0 Å². The lowest BCUT2D eigenvalue weighted by Crippen LogP contribution is -2.53. The molecule has 1 aliphatic carbocycles. The number of hydrogen-bond acceptors (Lipinski definition) is 4. The maximum absolute atomic E-state index is 14.1. The van der Waals surface area contributed by atoms with Gasteiger partial charge in [-0.1, -0.05) is 86.0 Å². The summed E-state index contributed by atoms with van der Waals surface area (Å²) in [5.41, 5.74) is 1.91. The molecule has 4 rings (SSSR count). The van der Waals surface area contributed by atoms with Crippen LogP contribution in [-0.2, 0) is 26.2 Å². The van der Waals surface area contributed by atoms with Gasteiger partial charge < -0.3 is 10.2 Å². The third-order valence-corrected chi connectivity index (χ3v) is 9.53. The highest BCUT2D eigenvalue weighted by Crippen LogP contribution is 2.29. The predicted molar refractivity (Wildman–Crippen MR) is 159 cm³/mol. The zero-order chi connectivity index (χ0) is 28.7. The minimum atomic E-state index is -4.13. The number of carbonyl (C=O) groups is 2. The van der Waals surface area contributed by atoms with Gasteiger partial charge in [0.25, 0.3) is 10.0 Å². The number of aryl methyl sites for hydroxylation is 1. The lowest BCUT2D eigenvalue weighted by Gasteiger charge is -2.34. The Bertz CT molecular complexity index is 1410. The molecule has 1 fully saturated rings. The Balaban J connectivity index is 1.71. The first kappa shape index (κ1) is 29.6. The number of anilines is 1. The summed E-state index contributed by atoms with van der Waals surface area (Å²) in [4.78, 5) is 29.1. The van der Waals surface area contributed by atoms with Crippen molar-refractivity contribution in [1.29, 1.82) is 0 Å². The second kappa shape index (κ2) is 13.3. The highest BCUT2D eigenvalue weighted by atomic mass is 35.5. The smallest absolute Gasteiger partial charge is 0.264 e. The van der Waals surface area contributed by atoms with Crippen molar-refractivity contribution in [3.05, 3.63) is 95.0 Å². The Morgan fingerprint density at radius 1 is 0.975 bits per heavy atom. The maximum Gasteiger partial charge on any atom is 0.264 e. The summed E-state index contributed by atoms with van der Waals surface area (Å²) in [6.45, 7) is 3.37. The van der Waals surface area contributed by atoms with Crippen molar-refractivity contribution < 1.29 is 18.0 Å². The molecule has 0 radical (unpaired) electrons. The van der Waals surface area contributed by atoms with Gasteiger partial charge in [-0.05, 0) is 61.6 Å².